The summed E-state index contributed by atoms with van der Waals surface area (Å²) in [5, 5.41) is 3.51. The van der Waals surface area contributed by atoms with E-state index in [0.717, 1.165) is 32.5 Å². The van der Waals surface area contributed by atoms with E-state index in [4.69, 9.17) is 0 Å². The van der Waals surface area contributed by atoms with Gasteiger partial charge in [0.1, 0.15) is 0 Å². The highest BCUT2D eigenvalue weighted by Crippen LogP contribution is 2.23. The van der Waals surface area contributed by atoms with Crippen molar-refractivity contribution in [3.63, 3.8) is 0 Å². The van der Waals surface area contributed by atoms with Gasteiger partial charge in [-0.05, 0) is 57.2 Å². The summed E-state index contributed by atoms with van der Waals surface area (Å²) in [5.74, 6) is 0.296. The van der Waals surface area contributed by atoms with Crippen LogP contribution in [-0.2, 0) is 4.79 Å². The van der Waals surface area contributed by atoms with Crippen LogP contribution in [0.4, 0.5) is 0 Å². The van der Waals surface area contributed by atoms with Gasteiger partial charge in [0.2, 0.25) is 5.91 Å². The maximum absolute atomic E-state index is 12.0. The van der Waals surface area contributed by atoms with Crippen LogP contribution >= 0.6 is 0 Å². The molecule has 1 aromatic carbocycles. The molecule has 1 aromatic rings. The number of nitrogens with one attached hydrogen (secondary N) is 1. The van der Waals surface area contributed by atoms with Crippen LogP contribution in [0, 0.1) is 20.8 Å². The molecule has 0 saturated carbocycles. The lowest BCUT2D eigenvalue weighted by Gasteiger charge is -2.21. The van der Waals surface area contributed by atoms with Gasteiger partial charge in [-0.1, -0.05) is 17.7 Å². The molecular formula is C18H28N2O. The minimum Gasteiger partial charge on any atom is -0.343 e. The third-order valence-corrected chi connectivity index (χ3v) is 4.42. The summed E-state index contributed by atoms with van der Waals surface area (Å²) < 4.78 is 0. The van der Waals surface area contributed by atoms with Crippen LogP contribution in [0.5, 0.6) is 0 Å². The second-order valence-electron chi connectivity index (χ2n) is 6.33. The first-order valence-electron chi connectivity index (χ1n) is 8.08. The average molecular weight is 288 g/mol. The molecule has 0 aliphatic carbocycles. The number of hydrogen-bond donors (Lipinski definition) is 1. The van der Waals surface area contributed by atoms with Crippen molar-refractivity contribution in [3.8, 4) is 0 Å². The molecule has 0 radical (unpaired) electrons. The molecule has 21 heavy (non-hydrogen) atoms. The summed E-state index contributed by atoms with van der Waals surface area (Å²) in [5.41, 5.74) is 5.34. The standard InChI is InChI=1S/C18H28N2O/c1-13-11-14(2)18(15(3)12-13)16(4)19-8-7-17(21)20-9-5-6-10-20/h11-12,16,19H,5-10H2,1-4H3. The number of hydrogen-bond acceptors (Lipinski definition) is 2. The van der Waals surface area contributed by atoms with E-state index in [1.54, 1.807) is 0 Å². The molecule has 1 unspecified atom stereocenters. The first-order valence-corrected chi connectivity index (χ1v) is 8.08. The lowest BCUT2D eigenvalue weighted by molar-refractivity contribution is -0.130. The Hall–Kier alpha value is -1.35. The number of nitrogens with zero attached hydrogens (tertiary/aromatic N) is 1. The number of carbonyl (C=O) groups is 1. The van der Waals surface area contributed by atoms with E-state index >= 15 is 0 Å². The van der Waals surface area contributed by atoms with Gasteiger partial charge in [-0.15, -0.1) is 0 Å². The summed E-state index contributed by atoms with van der Waals surface area (Å²) in [7, 11) is 0. The van der Waals surface area contributed by atoms with E-state index in [9.17, 15) is 4.79 Å². The number of benzene rings is 1. The molecule has 116 valence electrons. The smallest absolute Gasteiger partial charge is 0.223 e. The first-order chi connectivity index (χ1) is 9.99. The van der Waals surface area contributed by atoms with Crippen molar-refractivity contribution in [2.45, 2.75) is 53.0 Å². The second kappa shape index (κ2) is 7.08. The molecule has 0 spiro atoms. The topological polar surface area (TPSA) is 32.3 Å². The summed E-state index contributed by atoms with van der Waals surface area (Å²) in [6.07, 6.45) is 2.93. The average Bonchev–Trinajstić information content (AvgIpc) is 2.91. The van der Waals surface area contributed by atoms with E-state index < -0.39 is 0 Å². The van der Waals surface area contributed by atoms with Crippen LogP contribution in [0.1, 0.15) is 54.5 Å². The number of rotatable bonds is 5. The fraction of sp³-hybridized carbons (Fsp3) is 0.611. The van der Waals surface area contributed by atoms with Gasteiger partial charge in [-0.3, -0.25) is 4.79 Å². The molecular weight excluding hydrogens is 260 g/mol. The van der Waals surface area contributed by atoms with Crippen molar-refractivity contribution in [3.05, 3.63) is 34.4 Å². The highest BCUT2D eigenvalue weighted by Gasteiger charge is 2.18. The number of likely N-dealkylation sites (tertiary alicyclic amines) is 1. The minimum absolute atomic E-state index is 0.289. The van der Waals surface area contributed by atoms with E-state index in [1.165, 1.54) is 22.3 Å². The van der Waals surface area contributed by atoms with Crippen LogP contribution in [0.2, 0.25) is 0 Å². The fourth-order valence-electron chi connectivity index (χ4n) is 3.50. The normalized spacial score (nSPS) is 16.3. The zero-order chi connectivity index (χ0) is 15.4. The molecule has 1 heterocycles. The molecule has 3 heteroatoms. The lowest BCUT2D eigenvalue weighted by atomic mass is 9.95. The van der Waals surface area contributed by atoms with Gasteiger partial charge in [-0.2, -0.15) is 0 Å². The third-order valence-electron chi connectivity index (χ3n) is 4.42. The van der Waals surface area contributed by atoms with Crippen molar-refractivity contribution in [1.82, 2.24) is 10.2 Å². The number of carbonyl (C=O) groups excluding carboxylic acids is 1. The van der Waals surface area contributed by atoms with Crippen molar-refractivity contribution in [1.29, 1.82) is 0 Å². The van der Waals surface area contributed by atoms with Gasteiger partial charge in [0.15, 0.2) is 0 Å². The molecule has 1 atom stereocenters. The molecule has 1 fully saturated rings. The zero-order valence-corrected chi connectivity index (χ0v) is 13.8. The van der Waals surface area contributed by atoms with Gasteiger partial charge in [0, 0.05) is 32.1 Å². The van der Waals surface area contributed by atoms with Crippen LogP contribution in [-0.4, -0.2) is 30.4 Å². The van der Waals surface area contributed by atoms with Crippen molar-refractivity contribution >= 4 is 5.91 Å². The molecule has 3 nitrogen and oxygen atoms in total. The van der Waals surface area contributed by atoms with Crippen LogP contribution in [0.25, 0.3) is 0 Å². The molecule has 1 N–H and O–H groups in total. The molecule has 0 bridgehead atoms. The van der Waals surface area contributed by atoms with E-state index in [1.807, 2.05) is 4.90 Å². The van der Waals surface area contributed by atoms with Gasteiger partial charge in [0.25, 0.3) is 0 Å². The number of amides is 1. The molecule has 1 saturated heterocycles. The Labute approximate surface area is 128 Å². The van der Waals surface area contributed by atoms with Gasteiger partial charge in [-0.25, -0.2) is 0 Å². The van der Waals surface area contributed by atoms with Gasteiger partial charge in [0.05, 0.1) is 0 Å². The SMILES string of the molecule is Cc1cc(C)c(C(C)NCCC(=O)N2CCCC2)c(C)c1. The van der Waals surface area contributed by atoms with E-state index in [0.29, 0.717) is 12.3 Å². The minimum atomic E-state index is 0.289. The Morgan fingerprint density at radius 1 is 1.19 bits per heavy atom. The van der Waals surface area contributed by atoms with E-state index in [-0.39, 0.29) is 6.04 Å². The highest BCUT2D eigenvalue weighted by molar-refractivity contribution is 5.76. The Morgan fingerprint density at radius 2 is 1.76 bits per heavy atom. The summed E-state index contributed by atoms with van der Waals surface area (Å²) in [6.45, 7) is 11.3. The predicted molar refractivity (Wildman–Crippen MR) is 87.5 cm³/mol. The number of aryl methyl sites for hydroxylation is 3. The van der Waals surface area contributed by atoms with Crippen molar-refractivity contribution < 1.29 is 4.79 Å². The van der Waals surface area contributed by atoms with Crippen LogP contribution in [0.15, 0.2) is 12.1 Å². The van der Waals surface area contributed by atoms with Crippen LogP contribution in [0.3, 0.4) is 0 Å². The summed E-state index contributed by atoms with van der Waals surface area (Å²) in [6, 6.07) is 4.75. The van der Waals surface area contributed by atoms with Crippen molar-refractivity contribution in [2.75, 3.05) is 19.6 Å². The Bertz CT molecular complexity index is 481. The zero-order valence-electron chi connectivity index (χ0n) is 13.8. The molecule has 2 rings (SSSR count). The Kier molecular flexibility index (Phi) is 5.40. The Balaban J connectivity index is 1.87. The first kappa shape index (κ1) is 16.0. The largest absolute Gasteiger partial charge is 0.343 e. The third kappa shape index (κ3) is 4.07. The maximum Gasteiger partial charge on any atom is 0.223 e. The lowest BCUT2D eigenvalue weighted by Crippen LogP contribution is -2.31. The molecule has 0 aromatic heterocycles. The summed E-state index contributed by atoms with van der Waals surface area (Å²) >= 11 is 0. The van der Waals surface area contributed by atoms with E-state index in [2.05, 4.69) is 45.1 Å². The van der Waals surface area contributed by atoms with Crippen molar-refractivity contribution in [2.24, 2.45) is 0 Å². The predicted octanol–water partition coefficient (Wildman–Crippen LogP) is 3.27. The molecule has 1 amide bonds. The molecule has 1 aliphatic heterocycles. The van der Waals surface area contributed by atoms with Crippen LogP contribution < -0.4 is 5.32 Å². The van der Waals surface area contributed by atoms with Gasteiger partial charge >= 0.3 is 0 Å². The highest BCUT2D eigenvalue weighted by atomic mass is 16.2. The second-order valence-corrected chi connectivity index (χ2v) is 6.33. The monoisotopic (exact) mass is 288 g/mol. The fourth-order valence-corrected chi connectivity index (χ4v) is 3.50. The summed E-state index contributed by atoms with van der Waals surface area (Å²) in [4.78, 5) is 14.0. The maximum atomic E-state index is 12.0. The molecule has 1 aliphatic rings. The van der Waals surface area contributed by atoms with Gasteiger partial charge < -0.3 is 10.2 Å². The quantitative estimate of drug-likeness (QED) is 0.902. The Morgan fingerprint density at radius 3 is 2.33 bits per heavy atom.